The Morgan fingerprint density at radius 3 is 2.90 bits per heavy atom. The van der Waals surface area contributed by atoms with Crippen LogP contribution in [0.1, 0.15) is 31.2 Å². The van der Waals surface area contributed by atoms with E-state index in [9.17, 15) is 9.59 Å². The van der Waals surface area contributed by atoms with E-state index in [1.165, 1.54) is 5.01 Å². The average molecular weight is 402 g/mol. The Balaban J connectivity index is 1.44. The van der Waals surface area contributed by atoms with Gasteiger partial charge in [0.1, 0.15) is 18.1 Å². The number of amides is 2. The van der Waals surface area contributed by atoms with Gasteiger partial charge in [0, 0.05) is 52.2 Å². The molecule has 2 amide bonds. The molecule has 29 heavy (non-hydrogen) atoms. The van der Waals surface area contributed by atoms with E-state index in [0.29, 0.717) is 37.7 Å². The molecule has 0 aromatic heterocycles. The van der Waals surface area contributed by atoms with Crippen LogP contribution in [-0.4, -0.2) is 73.9 Å². The molecule has 0 bridgehead atoms. The van der Waals surface area contributed by atoms with Crippen LogP contribution in [0.4, 0.5) is 0 Å². The minimum absolute atomic E-state index is 0.0751. The predicted octanol–water partition coefficient (Wildman–Crippen LogP) is 1.40. The number of hydrazone groups is 1. The summed E-state index contributed by atoms with van der Waals surface area (Å²) in [5.41, 5.74) is 1.34. The van der Waals surface area contributed by atoms with Gasteiger partial charge in [0.15, 0.2) is 0 Å². The number of likely N-dealkylation sites (N-methyl/N-ethyl adjacent to an activating group) is 1. The van der Waals surface area contributed by atoms with Gasteiger partial charge >= 0.3 is 0 Å². The van der Waals surface area contributed by atoms with Crippen molar-refractivity contribution in [2.45, 2.75) is 38.3 Å². The van der Waals surface area contributed by atoms with Crippen LogP contribution in [0.15, 0.2) is 29.4 Å². The number of nitrogens with zero attached hydrogens (tertiary/aromatic N) is 3. The molecule has 1 saturated heterocycles. The number of benzene rings is 1. The van der Waals surface area contributed by atoms with Crippen molar-refractivity contribution < 1.29 is 19.1 Å². The molecule has 1 N–H and O–H groups in total. The van der Waals surface area contributed by atoms with Gasteiger partial charge in [-0.25, -0.2) is 5.01 Å². The minimum Gasteiger partial charge on any atom is -0.492 e. The highest BCUT2D eigenvalue weighted by atomic mass is 16.5. The smallest absolute Gasteiger partial charge is 0.267 e. The third-order valence-corrected chi connectivity index (χ3v) is 5.35. The first-order chi connectivity index (χ1) is 14.0. The molecule has 0 spiro atoms. The molecule has 2 aliphatic rings. The molecule has 8 nitrogen and oxygen atoms in total. The van der Waals surface area contributed by atoms with Crippen molar-refractivity contribution in [1.82, 2.24) is 15.2 Å². The highest BCUT2D eigenvalue weighted by molar-refractivity contribution is 6.39. The number of carbonyl (C=O) groups is 2. The van der Waals surface area contributed by atoms with E-state index in [0.717, 1.165) is 43.9 Å². The molecule has 158 valence electrons. The summed E-state index contributed by atoms with van der Waals surface area (Å²) in [6.45, 7) is 3.53. The molecule has 3 rings (SSSR count). The standard InChI is InChI=1S/C21H30N4O4/c1-24(17-8-11-28-12-9-17)10-13-29-18-5-3-4-16(14-18)15-22-21(27)19-6-7-20(26)25(2)23-19/h3-5,14,17H,6-13,15H2,1-2H3,(H,22,27). The molecule has 2 aliphatic heterocycles. The van der Waals surface area contributed by atoms with Gasteiger partial charge in [0.05, 0.1) is 0 Å². The Morgan fingerprint density at radius 1 is 1.34 bits per heavy atom. The number of nitrogens with one attached hydrogen (secondary N) is 1. The van der Waals surface area contributed by atoms with Gasteiger partial charge in [0.2, 0.25) is 5.91 Å². The van der Waals surface area contributed by atoms with E-state index in [1.54, 1.807) is 7.05 Å². The first-order valence-corrected chi connectivity index (χ1v) is 10.1. The normalized spacial score (nSPS) is 18.0. The number of rotatable bonds is 8. The van der Waals surface area contributed by atoms with Gasteiger partial charge in [-0.05, 0) is 37.6 Å². The van der Waals surface area contributed by atoms with Crippen LogP contribution in [0.5, 0.6) is 5.75 Å². The summed E-state index contributed by atoms with van der Waals surface area (Å²) in [7, 11) is 3.69. The van der Waals surface area contributed by atoms with E-state index < -0.39 is 0 Å². The topological polar surface area (TPSA) is 83.5 Å². The summed E-state index contributed by atoms with van der Waals surface area (Å²) in [4.78, 5) is 26.1. The lowest BCUT2D eigenvalue weighted by Crippen LogP contribution is -2.38. The van der Waals surface area contributed by atoms with Crippen LogP contribution in [0, 0.1) is 0 Å². The van der Waals surface area contributed by atoms with Crippen molar-refractivity contribution in [3.8, 4) is 5.75 Å². The van der Waals surface area contributed by atoms with Crippen LogP contribution >= 0.6 is 0 Å². The number of carbonyl (C=O) groups excluding carboxylic acids is 2. The zero-order valence-corrected chi connectivity index (χ0v) is 17.2. The Hall–Kier alpha value is -2.45. The fraction of sp³-hybridized carbons (Fsp3) is 0.571. The Morgan fingerprint density at radius 2 is 2.14 bits per heavy atom. The maximum atomic E-state index is 12.3. The van der Waals surface area contributed by atoms with Crippen molar-refractivity contribution in [2.24, 2.45) is 5.10 Å². The molecular formula is C21H30N4O4. The number of hydrogen-bond acceptors (Lipinski definition) is 6. The maximum Gasteiger partial charge on any atom is 0.267 e. The molecule has 0 unspecified atom stereocenters. The molecule has 0 saturated carbocycles. The van der Waals surface area contributed by atoms with E-state index in [4.69, 9.17) is 9.47 Å². The Bertz CT molecular complexity index is 746. The van der Waals surface area contributed by atoms with Gasteiger partial charge in [-0.1, -0.05) is 12.1 Å². The summed E-state index contributed by atoms with van der Waals surface area (Å²) in [5.74, 6) is 0.472. The van der Waals surface area contributed by atoms with Gasteiger partial charge < -0.3 is 14.8 Å². The first kappa shape index (κ1) is 21.3. The van der Waals surface area contributed by atoms with Crippen molar-refractivity contribution in [1.29, 1.82) is 0 Å². The quantitative estimate of drug-likeness (QED) is 0.711. The van der Waals surface area contributed by atoms with Gasteiger partial charge in [-0.2, -0.15) is 5.10 Å². The molecule has 1 aromatic rings. The molecule has 1 aromatic carbocycles. The molecule has 1 fully saturated rings. The monoisotopic (exact) mass is 402 g/mol. The predicted molar refractivity (Wildman–Crippen MR) is 110 cm³/mol. The summed E-state index contributed by atoms with van der Waals surface area (Å²) in [6.07, 6.45) is 2.83. The first-order valence-electron chi connectivity index (χ1n) is 10.1. The Kier molecular flexibility index (Phi) is 7.60. The van der Waals surface area contributed by atoms with Gasteiger partial charge in [-0.15, -0.1) is 0 Å². The SMILES string of the molecule is CN1N=C(C(=O)NCc2cccc(OCCN(C)C3CCOCC3)c2)CCC1=O. The van der Waals surface area contributed by atoms with Crippen LogP contribution in [-0.2, 0) is 20.9 Å². The number of ether oxygens (including phenoxy) is 2. The molecule has 0 radical (unpaired) electrons. The van der Waals surface area contributed by atoms with Crippen molar-refractivity contribution >= 4 is 17.5 Å². The van der Waals surface area contributed by atoms with Crippen molar-refractivity contribution in [3.05, 3.63) is 29.8 Å². The molecule has 0 atom stereocenters. The third-order valence-electron chi connectivity index (χ3n) is 5.35. The fourth-order valence-corrected chi connectivity index (χ4v) is 3.48. The van der Waals surface area contributed by atoms with Gasteiger partial charge in [-0.3, -0.25) is 14.5 Å². The van der Waals surface area contributed by atoms with Crippen LogP contribution < -0.4 is 10.1 Å². The van der Waals surface area contributed by atoms with Crippen LogP contribution in [0.3, 0.4) is 0 Å². The lowest BCUT2D eigenvalue weighted by Gasteiger charge is -2.31. The fourth-order valence-electron chi connectivity index (χ4n) is 3.48. The second-order valence-electron chi connectivity index (χ2n) is 7.47. The van der Waals surface area contributed by atoms with E-state index >= 15 is 0 Å². The maximum absolute atomic E-state index is 12.3. The third kappa shape index (κ3) is 6.27. The van der Waals surface area contributed by atoms with E-state index in [-0.39, 0.29) is 11.8 Å². The van der Waals surface area contributed by atoms with Crippen LogP contribution in [0.2, 0.25) is 0 Å². The highest BCUT2D eigenvalue weighted by Crippen LogP contribution is 2.15. The lowest BCUT2D eigenvalue weighted by molar-refractivity contribution is -0.130. The van der Waals surface area contributed by atoms with Crippen molar-refractivity contribution in [2.75, 3.05) is 40.5 Å². The van der Waals surface area contributed by atoms with Crippen LogP contribution in [0.25, 0.3) is 0 Å². The molecule has 0 aliphatic carbocycles. The zero-order chi connectivity index (χ0) is 20.6. The second-order valence-corrected chi connectivity index (χ2v) is 7.47. The number of hydrogen-bond donors (Lipinski definition) is 1. The minimum atomic E-state index is -0.242. The summed E-state index contributed by atoms with van der Waals surface area (Å²) >= 11 is 0. The zero-order valence-electron chi connectivity index (χ0n) is 17.2. The highest BCUT2D eigenvalue weighted by Gasteiger charge is 2.21. The molecule has 2 heterocycles. The lowest BCUT2D eigenvalue weighted by atomic mass is 10.1. The van der Waals surface area contributed by atoms with Crippen molar-refractivity contribution in [3.63, 3.8) is 0 Å². The summed E-state index contributed by atoms with van der Waals surface area (Å²) in [5, 5.41) is 8.13. The average Bonchev–Trinajstić information content (AvgIpc) is 2.75. The molecule has 8 heteroatoms. The Labute approximate surface area is 171 Å². The summed E-state index contributed by atoms with van der Waals surface area (Å²) < 4.78 is 11.3. The van der Waals surface area contributed by atoms with Gasteiger partial charge in [0.25, 0.3) is 5.91 Å². The summed E-state index contributed by atoms with van der Waals surface area (Å²) in [6, 6.07) is 8.29. The molecular weight excluding hydrogens is 372 g/mol. The van der Waals surface area contributed by atoms with E-state index in [2.05, 4.69) is 22.4 Å². The van der Waals surface area contributed by atoms with E-state index in [1.807, 2.05) is 24.3 Å². The largest absolute Gasteiger partial charge is 0.492 e. The second kappa shape index (κ2) is 10.4.